The van der Waals surface area contributed by atoms with E-state index in [1.165, 1.54) is 0 Å². The van der Waals surface area contributed by atoms with Crippen LogP contribution in [-0.2, 0) is 11.2 Å². The molecule has 0 aromatic heterocycles. The van der Waals surface area contributed by atoms with Gasteiger partial charge in [0.15, 0.2) is 0 Å². The lowest BCUT2D eigenvalue weighted by molar-refractivity contribution is -0.142. The van der Waals surface area contributed by atoms with Gasteiger partial charge in [0, 0.05) is 12.1 Å². The summed E-state index contributed by atoms with van der Waals surface area (Å²) in [6.45, 7) is 5.82. The van der Waals surface area contributed by atoms with Crippen molar-refractivity contribution in [3.8, 4) is 0 Å². The molecule has 2 N–H and O–H groups in total. The molecule has 1 aromatic carbocycles. The second-order valence-electron chi connectivity index (χ2n) is 4.91. The molecule has 0 radical (unpaired) electrons. The zero-order valence-corrected chi connectivity index (χ0v) is 11.6. The first-order valence-corrected chi connectivity index (χ1v) is 6.56. The molecule has 104 valence electrons. The van der Waals surface area contributed by atoms with Crippen molar-refractivity contribution in [2.75, 3.05) is 6.54 Å². The Morgan fingerprint density at radius 3 is 2.42 bits per heavy atom. The van der Waals surface area contributed by atoms with Crippen LogP contribution < -0.4 is 5.32 Å². The fraction of sp³-hybridized carbons (Fsp3) is 0.467. The summed E-state index contributed by atoms with van der Waals surface area (Å²) >= 11 is 0. The lowest BCUT2D eigenvalue weighted by Crippen LogP contribution is -2.35. The summed E-state index contributed by atoms with van der Waals surface area (Å²) in [5.41, 5.74) is 1.59. The van der Waals surface area contributed by atoms with E-state index in [-0.39, 0.29) is 18.4 Å². The Morgan fingerprint density at radius 1 is 1.26 bits per heavy atom. The SMILES string of the molecule is CCc1ccccc1C(=O)NCC(C(=O)O)C(C)C. The first-order chi connectivity index (χ1) is 8.97. The monoisotopic (exact) mass is 263 g/mol. The molecular weight excluding hydrogens is 242 g/mol. The summed E-state index contributed by atoms with van der Waals surface area (Å²) in [7, 11) is 0. The number of carbonyl (C=O) groups excluding carboxylic acids is 1. The van der Waals surface area contributed by atoms with Crippen LogP contribution in [-0.4, -0.2) is 23.5 Å². The van der Waals surface area contributed by atoms with Crippen LogP contribution in [0.4, 0.5) is 0 Å². The number of carboxylic acids is 1. The highest BCUT2D eigenvalue weighted by Gasteiger charge is 2.22. The van der Waals surface area contributed by atoms with Gasteiger partial charge in [-0.05, 0) is 24.0 Å². The number of hydrogen-bond acceptors (Lipinski definition) is 2. The van der Waals surface area contributed by atoms with Gasteiger partial charge in [0.2, 0.25) is 0 Å². The standard InChI is InChI=1S/C15H21NO3/c1-4-11-7-5-6-8-12(11)14(17)16-9-13(10(2)3)15(18)19/h5-8,10,13H,4,9H2,1-3H3,(H,16,17)(H,18,19). The molecule has 0 bridgehead atoms. The van der Waals surface area contributed by atoms with Crippen molar-refractivity contribution in [1.29, 1.82) is 0 Å². The minimum Gasteiger partial charge on any atom is -0.481 e. The predicted molar refractivity (Wildman–Crippen MR) is 74.1 cm³/mol. The highest BCUT2D eigenvalue weighted by molar-refractivity contribution is 5.95. The maximum absolute atomic E-state index is 12.1. The van der Waals surface area contributed by atoms with Gasteiger partial charge in [-0.1, -0.05) is 39.0 Å². The number of carbonyl (C=O) groups is 2. The van der Waals surface area contributed by atoms with E-state index in [0.717, 1.165) is 12.0 Å². The largest absolute Gasteiger partial charge is 0.481 e. The fourth-order valence-electron chi connectivity index (χ4n) is 1.96. The summed E-state index contributed by atoms with van der Waals surface area (Å²) in [6.07, 6.45) is 0.774. The molecule has 0 saturated heterocycles. The molecule has 0 spiro atoms. The molecule has 4 heteroatoms. The van der Waals surface area contributed by atoms with Crippen LogP contribution >= 0.6 is 0 Å². The van der Waals surface area contributed by atoms with Gasteiger partial charge < -0.3 is 10.4 Å². The maximum Gasteiger partial charge on any atom is 0.308 e. The number of hydrogen-bond donors (Lipinski definition) is 2. The highest BCUT2D eigenvalue weighted by atomic mass is 16.4. The van der Waals surface area contributed by atoms with Crippen LogP contribution in [0.25, 0.3) is 0 Å². The molecule has 0 aliphatic carbocycles. The van der Waals surface area contributed by atoms with E-state index in [1.54, 1.807) is 6.07 Å². The molecule has 1 aromatic rings. The average Bonchev–Trinajstić information content (AvgIpc) is 2.37. The van der Waals surface area contributed by atoms with Crippen molar-refractivity contribution in [3.63, 3.8) is 0 Å². The Morgan fingerprint density at radius 2 is 1.89 bits per heavy atom. The van der Waals surface area contributed by atoms with Crippen molar-refractivity contribution in [2.24, 2.45) is 11.8 Å². The van der Waals surface area contributed by atoms with Gasteiger partial charge in [0.25, 0.3) is 5.91 Å². The van der Waals surface area contributed by atoms with Crippen LogP contribution in [0.15, 0.2) is 24.3 Å². The maximum atomic E-state index is 12.1. The van der Waals surface area contributed by atoms with Crippen molar-refractivity contribution >= 4 is 11.9 Å². The second kappa shape index (κ2) is 6.92. The zero-order valence-electron chi connectivity index (χ0n) is 11.6. The molecule has 0 fully saturated rings. The van der Waals surface area contributed by atoms with Crippen molar-refractivity contribution in [2.45, 2.75) is 27.2 Å². The van der Waals surface area contributed by atoms with Gasteiger partial charge in [0.05, 0.1) is 5.92 Å². The molecule has 1 atom stereocenters. The number of aryl methyl sites for hydroxylation is 1. The van der Waals surface area contributed by atoms with E-state index >= 15 is 0 Å². The zero-order chi connectivity index (χ0) is 14.4. The van der Waals surface area contributed by atoms with Crippen LogP contribution in [0, 0.1) is 11.8 Å². The smallest absolute Gasteiger partial charge is 0.308 e. The lowest BCUT2D eigenvalue weighted by Gasteiger charge is -2.17. The third kappa shape index (κ3) is 4.09. The first kappa shape index (κ1) is 15.2. The third-order valence-electron chi connectivity index (χ3n) is 3.25. The molecule has 1 unspecified atom stereocenters. The summed E-state index contributed by atoms with van der Waals surface area (Å²) in [5, 5.41) is 11.8. The highest BCUT2D eigenvalue weighted by Crippen LogP contribution is 2.12. The van der Waals surface area contributed by atoms with Gasteiger partial charge in [-0.25, -0.2) is 0 Å². The van der Waals surface area contributed by atoms with Crippen molar-refractivity contribution < 1.29 is 14.7 Å². The molecular formula is C15H21NO3. The molecule has 4 nitrogen and oxygen atoms in total. The van der Waals surface area contributed by atoms with Crippen molar-refractivity contribution in [1.82, 2.24) is 5.32 Å². The van der Waals surface area contributed by atoms with E-state index < -0.39 is 11.9 Å². The second-order valence-corrected chi connectivity index (χ2v) is 4.91. The van der Waals surface area contributed by atoms with Gasteiger partial charge in [-0.3, -0.25) is 9.59 Å². The fourth-order valence-corrected chi connectivity index (χ4v) is 1.96. The van der Waals surface area contributed by atoms with E-state index in [2.05, 4.69) is 5.32 Å². The summed E-state index contributed by atoms with van der Waals surface area (Å²) in [6, 6.07) is 7.38. The minimum atomic E-state index is -0.876. The number of nitrogens with one attached hydrogen (secondary N) is 1. The van der Waals surface area contributed by atoms with E-state index in [1.807, 2.05) is 39.0 Å². The summed E-state index contributed by atoms with van der Waals surface area (Å²) in [4.78, 5) is 23.1. The van der Waals surface area contributed by atoms with Gasteiger partial charge in [0.1, 0.15) is 0 Å². The molecule has 1 amide bonds. The molecule has 19 heavy (non-hydrogen) atoms. The number of amides is 1. The van der Waals surface area contributed by atoms with E-state index in [9.17, 15) is 9.59 Å². The Bertz CT molecular complexity index is 454. The number of aliphatic carboxylic acids is 1. The van der Waals surface area contributed by atoms with Crippen LogP contribution in [0.5, 0.6) is 0 Å². The molecule has 1 rings (SSSR count). The first-order valence-electron chi connectivity index (χ1n) is 6.56. The Balaban J connectivity index is 2.72. The summed E-state index contributed by atoms with van der Waals surface area (Å²) < 4.78 is 0. The van der Waals surface area contributed by atoms with E-state index in [0.29, 0.717) is 5.56 Å². The predicted octanol–water partition coefficient (Wildman–Crippen LogP) is 2.34. The third-order valence-corrected chi connectivity index (χ3v) is 3.25. The molecule has 0 saturated carbocycles. The van der Waals surface area contributed by atoms with Gasteiger partial charge in [-0.15, -0.1) is 0 Å². The normalized spacial score (nSPS) is 12.2. The topological polar surface area (TPSA) is 66.4 Å². The Kier molecular flexibility index (Phi) is 5.55. The minimum absolute atomic E-state index is 0.0146. The number of rotatable bonds is 6. The van der Waals surface area contributed by atoms with Crippen LogP contribution in [0.2, 0.25) is 0 Å². The Labute approximate surface area is 113 Å². The summed E-state index contributed by atoms with van der Waals surface area (Å²) in [5.74, 6) is -1.65. The molecule has 0 heterocycles. The van der Waals surface area contributed by atoms with Crippen LogP contribution in [0.3, 0.4) is 0 Å². The van der Waals surface area contributed by atoms with Crippen LogP contribution in [0.1, 0.15) is 36.7 Å². The lowest BCUT2D eigenvalue weighted by atomic mass is 9.96. The molecule has 0 aliphatic heterocycles. The number of carboxylic acid groups (broad SMARTS) is 1. The number of benzene rings is 1. The molecule has 0 aliphatic rings. The van der Waals surface area contributed by atoms with Crippen molar-refractivity contribution in [3.05, 3.63) is 35.4 Å². The van der Waals surface area contributed by atoms with E-state index in [4.69, 9.17) is 5.11 Å². The Hall–Kier alpha value is -1.84. The quantitative estimate of drug-likeness (QED) is 0.827. The average molecular weight is 263 g/mol. The van der Waals surface area contributed by atoms with Gasteiger partial charge >= 0.3 is 5.97 Å². The van der Waals surface area contributed by atoms with Gasteiger partial charge in [-0.2, -0.15) is 0 Å².